The lowest BCUT2D eigenvalue weighted by molar-refractivity contribution is -0.142. The number of nitrogens with one attached hydrogen (secondary N) is 1. The minimum atomic E-state index is -0.577. The molecule has 0 bridgehead atoms. The van der Waals surface area contributed by atoms with Crippen molar-refractivity contribution >= 4 is 22.8 Å². The van der Waals surface area contributed by atoms with E-state index in [2.05, 4.69) is 12.2 Å². The third kappa shape index (κ3) is 2.51. The van der Waals surface area contributed by atoms with Gasteiger partial charge in [0.1, 0.15) is 24.0 Å². The fourth-order valence-electron chi connectivity index (χ4n) is 2.58. The molecule has 2 aromatic rings. The Labute approximate surface area is 122 Å². The lowest BCUT2D eigenvalue weighted by Crippen LogP contribution is -2.37. The first-order chi connectivity index (χ1) is 10.1. The zero-order chi connectivity index (χ0) is 15.0. The highest BCUT2D eigenvalue weighted by Crippen LogP contribution is 2.23. The van der Waals surface area contributed by atoms with E-state index in [-0.39, 0.29) is 18.0 Å². The quantitative estimate of drug-likeness (QED) is 0.880. The molecule has 0 spiro atoms. The summed E-state index contributed by atoms with van der Waals surface area (Å²) in [5.41, 5.74) is 2.25. The molecule has 2 atom stereocenters. The number of rotatable bonds is 3. The number of carbonyl (C=O) groups is 2. The van der Waals surface area contributed by atoms with Gasteiger partial charge in [0, 0.05) is 11.8 Å². The summed E-state index contributed by atoms with van der Waals surface area (Å²) in [6, 6.07) is 5.20. The third-order valence-electron chi connectivity index (χ3n) is 3.77. The topological polar surface area (TPSA) is 68.5 Å². The molecular weight excluding hydrogens is 270 g/mol. The van der Waals surface area contributed by atoms with Gasteiger partial charge >= 0.3 is 5.97 Å². The summed E-state index contributed by atoms with van der Waals surface area (Å²) in [6.07, 6.45) is 2.66. The number of cyclic esters (lactones) is 1. The van der Waals surface area contributed by atoms with Crippen LogP contribution >= 0.6 is 0 Å². The molecule has 1 aliphatic heterocycles. The molecule has 2 heterocycles. The Morgan fingerprint density at radius 2 is 2.24 bits per heavy atom. The second kappa shape index (κ2) is 5.24. The third-order valence-corrected chi connectivity index (χ3v) is 3.77. The van der Waals surface area contributed by atoms with E-state index in [1.54, 1.807) is 0 Å². The van der Waals surface area contributed by atoms with E-state index in [0.29, 0.717) is 17.6 Å². The predicted molar refractivity (Wildman–Crippen MR) is 77.0 cm³/mol. The van der Waals surface area contributed by atoms with Gasteiger partial charge in [0.05, 0.1) is 5.56 Å². The maximum Gasteiger partial charge on any atom is 0.329 e. The molecule has 1 fully saturated rings. The van der Waals surface area contributed by atoms with Crippen molar-refractivity contribution < 1.29 is 18.7 Å². The maximum absolute atomic E-state index is 12.3. The predicted octanol–water partition coefficient (Wildman–Crippen LogP) is 2.43. The van der Waals surface area contributed by atoms with Gasteiger partial charge in [-0.25, -0.2) is 4.79 Å². The number of fused-ring (bicyclic) bond motifs is 1. The number of benzene rings is 1. The minimum Gasteiger partial charge on any atom is -0.463 e. The van der Waals surface area contributed by atoms with Crippen LogP contribution in [0.1, 0.15) is 36.2 Å². The van der Waals surface area contributed by atoms with Crippen LogP contribution in [0.3, 0.4) is 0 Å². The van der Waals surface area contributed by atoms with Gasteiger partial charge in [0.2, 0.25) is 0 Å². The monoisotopic (exact) mass is 287 g/mol. The van der Waals surface area contributed by atoms with Crippen LogP contribution in [0.15, 0.2) is 28.9 Å². The number of esters is 1. The van der Waals surface area contributed by atoms with E-state index in [1.165, 1.54) is 6.26 Å². The summed E-state index contributed by atoms with van der Waals surface area (Å²) in [6.45, 7) is 3.86. The number of ether oxygens (including phenoxy) is 1. The molecule has 1 aromatic heterocycles. The highest BCUT2D eigenvalue weighted by atomic mass is 16.6. The first kappa shape index (κ1) is 13.7. The van der Waals surface area contributed by atoms with Crippen LogP contribution in [0.5, 0.6) is 0 Å². The van der Waals surface area contributed by atoms with Crippen molar-refractivity contribution in [3.8, 4) is 0 Å². The molecule has 0 unspecified atom stereocenters. The molecule has 110 valence electrons. The number of aryl methyl sites for hydroxylation is 1. The van der Waals surface area contributed by atoms with Gasteiger partial charge in [-0.2, -0.15) is 0 Å². The van der Waals surface area contributed by atoms with Gasteiger partial charge in [-0.3, -0.25) is 4.79 Å². The van der Waals surface area contributed by atoms with Gasteiger partial charge in [-0.05, 0) is 31.0 Å². The average molecular weight is 287 g/mol. The minimum absolute atomic E-state index is 0.157. The van der Waals surface area contributed by atoms with Crippen LogP contribution < -0.4 is 5.32 Å². The van der Waals surface area contributed by atoms with Gasteiger partial charge in [0.25, 0.3) is 5.91 Å². The van der Waals surface area contributed by atoms with Crippen LogP contribution in [0.25, 0.3) is 11.0 Å². The van der Waals surface area contributed by atoms with Crippen LogP contribution in [0.4, 0.5) is 0 Å². The molecule has 0 radical (unpaired) electrons. The lowest BCUT2D eigenvalue weighted by Gasteiger charge is -2.07. The Morgan fingerprint density at radius 1 is 1.43 bits per heavy atom. The maximum atomic E-state index is 12.3. The number of hydrogen-bond acceptors (Lipinski definition) is 4. The molecule has 1 amide bonds. The van der Waals surface area contributed by atoms with Crippen LogP contribution in [-0.2, 0) is 16.0 Å². The highest BCUT2D eigenvalue weighted by Gasteiger charge is 2.33. The second-order valence-electron chi connectivity index (χ2n) is 5.34. The summed E-state index contributed by atoms with van der Waals surface area (Å²) in [5, 5.41) is 3.49. The molecule has 1 saturated heterocycles. The number of hydrogen-bond donors (Lipinski definition) is 1. The zero-order valence-corrected chi connectivity index (χ0v) is 12.0. The Kier molecular flexibility index (Phi) is 3.41. The van der Waals surface area contributed by atoms with Crippen molar-refractivity contribution in [3.63, 3.8) is 0 Å². The van der Waals surface area contributed by atoms with Crippen molar-refractivity contribution in [1.29, 1.82) is 0 Å². The van der Waals surface area contributed by atoms with Crippen molar-refractivity contribution in [1.82, 2.24) is 5.32 Å². The second-order valence-corrected chi connectivity index (χ2v) is 5.34. The molecule has 1 N–H and O–H groups in total. The molecular formula is C16H17NO4. The Balaban J connectivity index is 1.86. The van der Waals surface area contributed by atoms with Gasteiger partial charge < -0.3 is 14.5 Å². The van der Waals surface area contributed by atoms with E-state index in [1.807, 2.05) is 25.1 Å². The Bertz CT molecular complexity index is 703. The fraction of sp³-hybridized carbons (Fsp3) is 0.375. The normalized spacial score (nSPS) is 21.5. The van der Waals surface area contributed by atoms with Gasteiger partial charge in [-0.1, -0.05) is 13.0 Å². The largest absolute Gasteiger partial charge is 0.463 e. The van der Waals surface area contributed by atoms with Crippen LogP contribution in [0.2, 0.25) is 0 Å². The summed E-state index contributed by atoms with van der Waals surface area (Å²) >= 11 is 0. The van der Waals surface area contributed by atoms with Gasteiger partial charge in [-0.15, -0.1) is 0 Å². The molecule has 1 aliphatic rings. The number of amides is 1. The standard InChI is InChI=1S/C16H17NO4/c1-3-10-4-5-14-11(7-10)12(8-20-14)15(18)17-13-6-9(2)21-16(13)19/h4-5,7-9,13H,3,6H2,1-2H3,(H,17,18)/t9-,13-/m1/s1. The van der Waals surface area contributed by atoms with Crippen molar-refractivity contribution in [2.45, 2.75) is 38.8 Å². The molecule has 5 heteroatoms. The van der Waals surface area contributed by atoms with Crippen LogP contribution in [-0.4, -0.2) is 24.0 Å². The van der Waals surface area contributed by atoms with E-state index < -0.39 is 6.04 Å². The molecule has 5 nitrogen and oxygen atoms in total. The first-order valence-electron chi connectivity index (χ1n) is 7.10. The summed E-state index contributed by atoms with van der Waals surface area (Å²) < 4.78 is 10.4. The summed E-state index contributed by atoms with van der Waals surface area (Å²) in [7, 11) is 0. The van der Waals surface area contributed by atoms with Crippen LogP contribution in [0, 0.1) is 0 Å². The van der Waals surface area contributed by atoms with Crippen molar-refractivity contribution in [3.05, 3.63) is 35.6 Å². The van der Waals surface area contributed by atoms with E-state index in [0.717, 1.165) is 17.4 Å². The summed E-state index contributed by atoms with van der Waals surface area (Å²) in [5.74, 6) is -0.684. The van der Waals surface area contributed by atoms with Crippen molar-refractivity contribution in [2.75, 3.05) is 0 Å². The average Bonchev–Trinajstić information content (AvgIpc) is 3.01. The summed E-state index contributed by atoms with van der Waals surface area (Å²) in [4.78, 5) is 23.9. The number of carbonyl (C=O) groups excluding carboxylic acids is 2. The smallest absolute Gasteiger partial charge is 0.329 e. The van der Waals surface area contributed by atoms with E-state index in [4.69, 9.17) is 9.15 Å². The van der Waals surface area contributed by atoms with Gasteiger partial charge in [0.15, 0.2) is 0 Å². The lowest BCUT2D eigenvalue weighted by atomic mass is 10.1. The molecule has 1 aromatic carbocycles. The molecule has 0 aliphatic carbocycles. The fourth-order valence-corrected chi connectivity index (χ4v) is 2.58. The number of furan rings is 1. The Morgan fingerprint density at radius 3 is 2.90 bits per heavy atom. The van der Waals surface area contributed by atoms with E-state index >= 15 is 0 Å². The first-order valence-corrected chi connectivity index (χ1v) is 7.10. The van der Waals surface area contributed by atoms with Crippen molar-refractivity contribution in [2.24, 2.45) is 0 Å². The Hall–Kier alpha value is -2.30. The molecule has 0 saturated carbocycles. The SMILES string of the molecule is CCc1ccc2occ(C(=O)N[C@@H]3C[C@@H](C)OC3=O)c2c1. The molecule has 21 heavy (non-hydrogen) atoms. The highest BCUT2D eigenvalue weighted by molar-refractivity contribution is 6.07. The van der Waals surface area contributed by atoms with E-state index in [9.17, 15) is 9.59 Å². The molecule has 3 rings (SSSR count). The zero-order valence-electron chi connectivity index (χ0n) is 12.0.